The van der Waals surface area contributed by atoms with Gasteiger partial charge < -0.3 is 5.32 Å². The minimum atomic E-state index is -3.24. The van der Waals surface area contributed by atoms with Crippen LogP contribution in [0, 0.1) is 5.92 Å². The van der Waals surface area contributed by atoms with Crippen molar-refractivity contribution in [3.63, 3.8) is 0 Å². The Bertz CT molecular complexity index is 1250. The van der Waals surface area contributed by atoms with Crippen LogP contribution in [-0.2, 0) is 27.6 Å². The standard InChI is InChI=1S/C26H31N3O3S2/c1-5-34(31,32)21-13-11-19(12-14-21)15-23(30)27-26-28-24-22(33-26)16-29(25(24)17(2)3)18(4)20-9-7-6-8-10-20/h6-14,17-18,25H,5,15-16H2,1-4H3,(H,27,28,30)/t18-,25?/m1/s1. The predicted molar refractivity (Wildman–Crippen MR) is 137 cm³/mol. The van der Waals surface area contributed by atoms with Crippen molar-refractivity contribution in [2.24, 2.45) is 5.92 Å². The third-order valence-corrected chi connectivity index (χ3v) is 9.10. The van der Waals surface area contributed by atoms with E-state index >= 15 is 0 Å². The molecule has 1 aliphatic heterocycles. The van der Waals surface area contributed by atoms with Crippen LogP contribution in [-0.4, -0.2) is 30.0 Å². The number of sulfone groups is 1. The first-order valence-corrected chi connectivity index (χ1v) is 14.1. The van der Waals surface area contributed by atoms with Gasteiger partial charge in [0.05, 0.1) is 28.8 Å². The second-order valence-electron chi connectivity index (χ2n) is 9.05. The summed E-state index contributed by atoms with van der Waals surface area (Å²) in [4.78, 5) is 21.4. The lowest BCUT2D eigenvalue weighted by molar-refractivity contribution is -0.115. The highest BCUT2D eigenvalue weighted by Crippen LogP contribution is 2.46. The molecule has 0 bridgehead atoms. The average Bonchev–Trinajstić information content (AvgIpc) is 3.36. The molecule has 0 radical (unpaired) electrons. The van der Waals surface area contributed by atoms with E-state index in [4.69, 9.17) is 4.98 Å². The van der Waals surface area contributed by atoms with Gasteiger partial charge in [-0.3, -0.25) is 9.69 Å². The molecule has 1 unspecified atom stereocenters. The van der Waals surface area contributed by atoms with Crippen molar-refractivity contribution in [2.45, 2.75) is 57.6 Å². The van der Waals surface area contributed by atoms with E-state index in [1.54, 1.807) is 42.5 Å². The molecule has 0 saturated carbocycles. The number of aromatic nitrogens is 1. The molecule has 34 heavy (non-hydrogen) atoms. The number of carbonyl (C=O) groups excluding carboxylic acids is 1. The number of nitrogens with one attached hydrogen (secondary N) is 1. The molecule has 1 N–H and O–H groups in total. The van der Waals surface area contributed by atoms with Gasteiger partial charge in [-0.2, -0.15) is 0 Å². The maximum Gasteiger partial charge on any atom is 0.230 e. The molecule has 0 spiro atoms. The fourth-order valence-electron chi connectivity index (χ4n) is 4.51. The third-order valence-electron chi connectivity index (χ3n) is 6.38. The Hall–Kier alpha value is -2.55. The molecular weight excluding hydrogens is 466 g/mol. The number of thiazole rings is 1. The first-order valence-electron chi connectivity index (χ1n) is 11.6. The van der Waals surface area contributed by atoms with Crippen LogP contribution < -0.4 is 5.32 Å². The highest BCUT2D eigenvalue weighted by atomic mass is 32.2. The summed E-state index contributed by atoms with van der Waals surface area (Å²) in [5.41, 5.74) is 3.11. The third kappa shape index (κ3) is 5.09. The highest BCUT2D eigenvalue weighted by Gasteiger charge is 2.38. The molecule has 1 aliphatic rings. The summed E-state index contributed by atoms with van der Waals surface area (Å²) in [5.74, 6) is 0.283. The lowest BCUT2D eigenvalue weighted by Gasteiger charge is -2.33. The molecule has 1 aromatic heterocycles. The van der Waals surface area contributed by atoms with E-state index in [1.807, 2.05) is 6.07 Å². The van der Waals surface area contributed by atoms with Crippen molar-refractivity contribution in [1.82, 2.24) is 9.88 Å². The summed E-state index contributed by atoms with van der Waals surface area (Å²) in [6.07, 6.45) is 0.168. The van der Waals surface area contributed by atoms with Crippen LogP contribution >= 0.6 is 11.3 Å². The van der Waals surface area contributed by atoms with E-state index in [-0.39, 0.29) is 35.1 Å². The zero-order chi connectivity index (χ0) is 24.5. The smallest absolute Gasteiger partial charge is 0.230 e. The molecule has 0 aliphatic carbocycles. The zero-order valence-electron chi connectivity index (χ0n) is 20.0. The van der Waals surface area contributed by atoms with E-state index < -0.39 is 9.84 Å². The van der Waals surface area contributed by atoms with Crippen molar-refractivity contribution in [2.75, 3.05) is 11.1 Å². The number of hydrogen-bond donors (Lipinski definition) is 1. The summed E-state index contributed by atoms with van der Waals surface area (Å²) >= 11 is 1.54. The monoisotopic (exact) mass is 497 g/mol. The van der Waals surface area contributed by atoms with E-state index in [0.29, 0.717) is 11.0 Å². The minimum Gasteiger partial charge on any atom is -0.302 e. The number of anilines is 1. The Morgan fingerprint density at radius 2 is 1.79 bits per heavy atom. The van der Waals surface area contributed by atoms with Gasteiger partial charge in [0.1, 0.15) is 0 Å². The van der Waals surface area contributed by atoms with Gasteiger partial charge in [0.15, 0.2) is 15.0 Å². The van der Waals surface area contributed by atoms with Gasteiger partial charge in [0, 0.05) is 17.5 Å². The quantitative estimate of drug-likeness (QED) is 0.451. The lowest BCUT2D eigenvalue weighted by atomic mass is 9.98. The van der Waals surface area contributed by atoms with Crippen LogP contribution in [0.5, 0.6) is 0 Å². The van der Waals surface area contributed by atoms with E-state index in [9.17, 15) is 13.2 Å². The average molecular weight is 498 g/mol. The Morgan fingerprint density at radius 3 is 2.41 bits per heavy atom. The predicted octanol–water partition coefficient (Wildman–Crippen LogP) is 5.39. The van der Waals surface area contributed by atoms with Crippen LogP contribution in [0.4, 0.5) is 5.13 Å². The summed E-state index contributed by atoms with van der Waals surface area (Å²) in [6, 6.07) is 17.5. The molecule has 0 fully saturated rings. The van der Waals surface area contributed by atoms with Gasteiger partial charge in [0.25, 0.3) is 0 Å². The Labute approximate surface area is 206 Å². The molecule has 3 aromatic rings. The Balaban J connectivity index is 1.44. The maximum atomic E-state index is 12.6. The second-order valence-corrected chi connectivity index (χ2v) is 12.4. The van der Waals surface area contributed by atoms with Crippen LogP contribution in [0.3, 0.4) is 0 Å². The number of hydrogen-bond acceptors (Lipinski definition) is 6. The molecule has 0 saturated heterocycles. The Morgan fingerprint density at radius 1 is 1.12 bits per heavy atom. The summed E-state index contributed by atoms with van der Waals surface area (Å²) in [5, 5.41) is 3.57. The van der Waals surface area contributed by atoms with E-state index in [1.165, 1.54) is 10.4 Å². The maximum absolute atomic E-state index is 12.6. The van der Waals surface area contributed by atoms with Crippen LogP contribution in [0.15, 0.2) is 59.5 Å². The number of amides is 1. The molecule has 2 atom stereocenters. The van der Waals surface area contributed by atoms with Gasteiger partial charge in [0.2, 0.25) is 5.91 Å². The molecule has 6 nitrogen and oxygen atoms in total. The number of fused-ring (bicyclic) bond motifs is 1. The van der Waals surface area contributed by atoms with Crippen LogP contribution in [0.25, 0.3) is 0 Å². The van der Waals surface area contributed by atoms with Crippen molar-refractivity contribution < 1.29 is 13.2 Å². The molecule has 4 rings (SSSR count). The molecule has 2 aromatic carbocycles. The van der Waals surface area contributed by atoms with Crippen molar-refractivity contribution >= 4 is 32.2 Å². The first-order chi connectivity index (χ1) is 16.2. The van der Waals surface area contributed by atoms with Gasteiger partial charge in [-0.1, -0.05) is 63.2 Å². The molecule has 8 heteroatoms. The normalized spacial score (nSPS) is 17.0. The second kappa shape index (κ2) is 9.98. The SMILES string of the molecule is CCS(=O)(=O)c1ccc(CC(=O)Nc2nc3c(s2)CN([C@H](C)c2ccccc2)C3C(C)C)cc1. The fraction of sp³-hybridized carbons (Fsp3) is 0.385. The van der Waals surface area contributed by atoms with Crippen molar-refractivity contribution in [1.29, 1.82) is 0 Å². The zero-order valence-corrected chi connectivity index (χ0v) is 21.6. The largest absolute Gasteiger partial charge is 0.302 e. The van der Waals surface area contributed by atoms with Crippen LogP contribution in [0.1, 0.15) is 61.5 Å². The summed E-state index contributed by atoms with van der Waals surface area (Å²) < 4.78 is 23.9. The number of benzene rings is 2. The molecule has 180 valence electrons. The van der Waals surface area contributed by atoms with Gasteiger partial charge in [-0.05, 0) is 36.1 Å². The van der Waals surface area contributed by atoms with E-state index in [0.717, 1.165) is 17.8 Å². The van der Waals surface area contributed by atoms with Gasteiger partial charge >= 0.3 is 0 Å². The first kappa shape index (κ1) is 24.6. The summed E-state index contributed by atoms with van der Waals surface area (Å²) in [6.45, 7) is 9.10. The van der Waals surface area contributed by atoms with Crippen molar-refractivity contribution in [3.05, 3.63) is 76.3 Å². The fourth-order valence-corrected chi connectivity index (χ4v) is 6.42. The topological polar surface area (TPSA) is 79.4 Å². The molecule has 2 heterocycles. The summed E-state index contributed by atoms with van der Waals surface area (Å²) in [7, 11) is -3.24. The van der Waals surface area contributed by atoms with Gasteiger partial charge in [-0.25, -0.2) is 13.4 Å². The van der Waals surface area contributed by atoms with Crippen molar-refractivity contribution in [3.8, 4) is 0 Å². The molecular formula is C26H31N3O3S2. The lowest BCUT2D eigenvalue weighted by Crippen LogP contribution is -2.29. The molecule has 1 amide bonds. The number of carbonyl (C=O) groups is 1. The van der Waals surface area contributed by atoms with Gasteiger partial charge in [-0.15, -0.1) is 11.3 Å². The Kier molecular flexibility index (Phi) is 7.21. The van der Waals surface area contributed by atoms with Crippen LogP contribution in [0.2, 0.25) is 0 Å². The number of rotatable bonds is 8. The minimum absolute atomic E-state index is 0.0560. The highest BCUT2D eigenvalue weighted by molar-refractivity contribution is 7.91. The van der Waals surface area contributed by atoms with E-state index in [2.05, 4.69) is 55.3 Å². The number of nitrogens with zero attached hydrogens (tertiary/aromatic N) is 2.